The van der Waals surface area contributed by atoms with Gasteiger partial charge in [-0.1, -0.05) is 71.8 Å². The number of nitriles is 2. The van der Waals surface area contributed by atoms with Crippen molar-refractivity contribution < 1.29 is 0 Å². The van der Waals surface area contributed by atoms with Gasteiger partial charge in [0.2, 0.25) is 0 Å². The lowest BCUT2D eigenvalue weighted by Crippen LogP contribution is -2.01. The first-order valence-electron chi connectivity index (χ1n) is 15.8. The van der Waals surface area contributed by atoms with Gasteiger partial charge >= 0.3 is 0 Å². The van der Waals surface area contributed by atoms with E-state index in [9.17, 15) is 10.5 Å². The Morgan fingerprint density at radius 2 is 0.898 bits per heavy atom. The predicted molar refractivity (Wildman–Crippen MR) is 193 cm³/mol. The Hall–Kier alpha value is -6.96. The van der Waals surface area contributed by atoms with Crippen LogP contribution in [0.3, 0.4) is 0 Å². The van der Waals surface area contributed by atoms with Crippen LogP contribution in [0.25, 0.3) is 72.5 Å². The molecule has 0 aliphatic rings. The smallest absolute Gasteiger partial charge is 0.161 e. The summed E-state index contributed by atoms with van der Waals surface area (Å²) in [5.41, 5.74) is 12.2. The number of hydrogen-bond acceptors (Lipinski definition) is 6. The van der Waals surface area contributed by atoms with Crippen LogP contribution in [-0.4, -0.2) is 24.5 Å². The Morgan fingerprint density at radius 3 is 1.37 bits per heavy atom. The summed E-state index contributed by atoms with van der Waals surface area (Å²) in [6, 6.07) is 40.6. The van der Waals surface area contributed by atoms with E-state index in [0.717, 1.165) is 60.9 Å². The Balaban J connectivity index is 1.40. The molecule has 0 N–H and O–H groups in total. The molecule has 0 unspecified atom stereocenters. The van der Waals surface area contributed by atoms with Crippen LogP contribution in [-0.2, 0) is 0 Å². The van der Waals surface area contributed by atoms with Crippen LogP contribution in [0.5, 0.6) is 0 Å². The van der Waals surface area contributed by atoms with E-state index in [2.05, 4.69) is 135 Å². The second kappa shape index (κ2) is 12.0. The molecule has 3 heterocycles. The van der Waals surface area contributed by atoms with Crippen LogP contribution in [0.1, 0.15) is 22.3 Å². The average Bonchev–Trinajstić information content (AvgIpc) is 3.48. The van der Waals surface area contributed by atoms with Crippen molar-refractivity contribution in [1.82, 2.24) is 24.5 Å². The standard InChI is InChI=1S/C42H27N7/c1-26-3-7-30(8-4-26)32-11-14-38-35(17-32)36-18-33(31-9-5-27(2)6-10-31)12-15-39(36)49(38)40-16-13-34(41-45-22-28(20-43)23-46-41)19-37(40)42-47-24-29(21-44)25-48-42/h3-19,22-25H,1-2H3. The fourth-order valence-corrected chi connectivity index (χ4v) is 6.24. The normalized spacial score (nSPS) is 11.0. The first kappa shape index (κ1) is 29.4. The molecule has 8 aromatic rings. The number of nitrogens with zero attached hydrogens (tertiary/aromatic N) is 7. The third-order valence-corrected chi connectivity index (χ3v) is 8.83. The zero-order valence-electron chi connectivity index (χ0n) is 26.8. The van der Waals surface area contributed by atoms with Crippen LogP contribution >= 0.6 is 0 Å². The maximum absolute atomic E-state index is 9.44. The summed E-state index contributed by atoms with van der Waals surface area (Å²) in [5.74, 6) is 0.945. The molecule has 49 heavy (non-hydrogen) atoms. The third kappa shape index (κ3) is 5.36. The molecule has 0 spiro atoms. The highest BCUT2D eigenvalue weighted by Gasteiger charge is 2.20. The van der Waals surface area contributed by atoms with E-state index in [-0.39, 0.29) is 0 Å². The molecule has 7 heteroatoms. The Labute approximate surface area is 283 Å². The van der Waals surface area contributed by atoms with Crippen LogP contribution in [0, 0.1) is 36.5 Å². The molecule has 0 bridgehead atoms. The molecule has 0 amide bonds. The fourth-order valence-electron chi connectivity index (χ4n) is 6.24. The van der Waals surface area contributed by atoms with Crippen molar-refractivity contribution >= 4 is 21.8 Å². The Morgan fingerprint density at radius 1 is 0.469 bits per heavy atom. The van der Waals surface area contributed by atoms with E-state index in [4.69, 9.17) is 0 Å². The first-order chi connectivity index (χ1) is 24.0. The number of aromatic nitrogens is 5. The summed E-state index contributed by atoms with van der Waals surface area (Å²) in [5, 5.41) is 20.9. The number of hydrogen-bond donors (Lipinski definition) is 0. The van der Waals surface area contributed by atoms with Crippen molar-refractivity contribution in [3.8, 4) is 62.9 Å². The maximum Gasteiger partial charge on any atom is 0.161 e. The molecule has 230 valence electrons. The second-order valence-electron chi connectivity index (χ2n) is 12.1. The number of benzene rings is 5. The Bertz CT molecular complexity index is 2500. The molecule has 8 rings (SSSR count). The lowest BCUT2D eigenvalue weighted by molar-refractivity contribution is 1.12. The molecular weight excluding hydrogens is 603 g/mol. The zero-order chi connectivity index (χ0) is 33.5. The van der Waals surface area contributed by atoms with Crippen molar-refractivity contribution in [2.24, 2.45) is 0 Å². The van der Waals surface area contributed by atoms with Crippen molar-refractivity contribution in [1.29, 1.82) is 10.5 Å². The van der Waals surface area contributed by atoms with Crippen molar-refractivity contribution in [3.63, 3.8) is 0 Å². The van der Waals surface area contributed by atoms with Gasteiger partial charge in [0.15, 0.2) is 11.6 Å². The molecule has 0 atom stereocenters. The van der Waals surface area contributed by atoms with E-state index >= 15 is 0 Å². The molecular formula is C42H27N7. The van der Waals surface area contributed by atoms with Gasteiger partial charge in [-0.05, 0) is 78.6 Å². The van der Waals surface area contributed by atoms with Crippen LogP contribution in [0.2, 0.25) is 0 Å². The van der Waals surface area contributed by atoms with Gasteiger partial charge in [0.25, 0.3) is 0 Å². The van der Waals surface area contributed by atoms with Crippen LogP contribution in [0.15, 0.2) is 128 Å². The fraction of sp³-hybridized carbons (Fsp3) is 0.0476. The first-order valence-corrected chi connectivity index (χ1v) is 15.8. The topological polar surface area (TPSA) is 104 Å². The molecule has 3 aromatic heterocycles. The molecule has 0 saturated carbocycles. The van der Waals surface area contributed by atoms with E-state index in [1.165, 1.54) is 35.9 Å². The quantitative estimate of drug-likeness (QED) is 0.188. The summed E-state index contributed by atoms with van der Waals surface area (Å²) >= 11 is 0. The minimum Gasteiger partial charge on any atom is -0.308 e. The van der Waals surface area contributed by atoms with Gasteiger partial charge < -0.3 is 4.57 Å². The minimum atomic E-state index is 0.376. The van der Waals surface area contributed by atoms with Crippen LogP contribution in [0.4, 0.5) is 0 Å². The Kier molecular flexibility index (Phi) is 7.21. The zero-order valence-corrected chi connectivity index (χ0v) is 26.8. The average molecular weight is 630 g/mol. The molecule has 5 aromatic carbocycles. The summed E-state index contributed by atoms with van der Waals surface area (Å²) in [6.07, 6.45) is 6.09. The van der Waals surface area contributed by atoms with Gasteiger partial charge in [0.05, 0.1) is 27.8 Å². The number of rotatable bonds is 5. The largest absolute Gasteiger partial charge is 0.308 e. The highest BCUT2D eigenvalue weighted by atomic mass is 15.0. The lowest BCUT2D eigenvalue weighted by atomic mass is 9.99. The minimum absolute atomic E-state index is 0.376. The molecule has 0 fully saturated rings. The summed E-state index contributed by atoms with van der Waals surface area (Å²) in [4.78, 5) is 18.1. The highest BCUT2D eigenvalue weighted by molar-refractivity contribution is 6.12. The molecule has 7 nitrogen and oxygen atoms in total. The highest BCUT2D eigenvalue weighted by Crippen LogP contribution is 2.40. The third-order valence-electron chi connectivity index (χ3n) is 8.83. The maximum atomic E-state index is 9.44. The van der Waals surface area contributed by atoms with E-state index in [1.54, 1.807) is 0 Å². The van der Waals surface area contributed by atoms with E-state index < -0.39 is 0 Å². The summed E-state index contributed by atoms with van der Waals surface area (Å²) < 4.78 is 2.25. The number of aryl methyl sites for hydroxylation is 2. The van der Waals surface area contributed by atoms with Gasteiger partial charge in [-0.15, -0.1) is 0 Å². The predicted octanol–water partition coefficient (Wildman–Crippen LogP) is 9.39. The molecule has 0 radical (unpaired) electrons. The monoisotopic (exact) mass is 629 g/mol. The van der Waals surface area contributed by atoms with Gasteiger partial charge in [-0.2, -0.15) is 10.5 Å². The second-order valence-corrected chi connectivity index (χ2v) is 12.1. The van der Waals surface area contributed by atoms with Crippen molar-refractivity contribution in [2.45, 2.75) is 13.8 Å². The molecule has 0 aliphatic heterocycles. The van der Waals surface area contributed by atoms with Crippen LogP contribution < -0.4 is 0 Å². The SMILES string of the molecule is Cc1ccc(-c2ccc3c(c2)c2cc(-c4ccc(C)cc4)ccc2n3-c2ccc(-c3ncc(C#N)cn3)cc2-c2ncc(C#N)cn2)cc1. The van der Waals surface area contributed by atoms with Crippen molar-refractivity contribution in [3.05, 3.63) is 150 Å². The number of fused-ring (bicyclic) bond motifs is 3. The summed E-state index contributed by atoms with van der Waals surface area (Å²) in [7, 11) is 0. The van der Waals surface area contributed by atoms with Gasteiger partial charge in [0.1, 0.15) is 12.1 Å². The molecule has 0 aliphatic carbocycles. The van der Waals surface area contributed by atoms with Crippen molar-refractivity contribution in [2.75, 3.05) is 0 Å². The van der Waals surface area contributed by atoms with Gasteiger partial charge in [-0.25, -0.2) is 19.9 Å². The lowest BCUT2D eigenvalue weighted by Gasteiger charge is -2.15. The van der Waals surface area contributed by atoms with E-state index in [0.29, 0.717) is 22.8 Å². The van der Waals surface area contributed by atoms with E-state index in [1.807, 2.05) is 18.2 Å². The van der Waals surface area contributed by atoms with Gasteiger partial charge in [-0.3, -0.25) is 0 Å². The summed E-state index contributed by atoms with van der Waals surface area (Å²) in [6.45, 7) is 4.20. The van der Waals surface area contributed by atoms with Gasteiger partial charge in [0, 0.05) is 46.7 Å². The molecule has 0 saturated heterocycles.